The molecule has 0 spiro atoms. The van der Waals surface area contributed by atoms with E-state index in [4.69, 9.17) is 19.9 Å². The number of carbonyl (C=O) groups excluding carboxylic acids is 1. The molecule has 0 unspecified atom stereocenters. The number of hydrogen-bond donors (Lipinski definition) is 1. The normalized spacial score (nSPS) is 10.2. The van der Waals surface area contributed by atoms with Gasteiger partial charge in [-0.15, -0.1) is 0 Å². The van der Waals surface area contributed by atoms with Crippen molar-refractivity contribution in [3.8, 4) is 22.8 Å². The summed E-state index contributed by atoms with van der Waals surface area (Å²) in [7, 11) is 3.10. The number of methoxy groups -OCH3 is 2. The molecule has 0 fully saturated rings. The highest BCUT2D eigenvalue weighted by molar-refractivity contribution is 7.17. The van der Waals surface area contributed by atoms with Gasteiger partial charge in [-0.05, 0) is 25.1 Å². The van der Waals surface area contributed by atoms with Crippen LogP contribution < -0.4 is 15.2 Å². The minimum absolute atomic E-state index is 0.294. The van der Waals surface area contributed by atoms with E-state index in [-0.39, 0.29) is 0 Å². The number of rotatable bonds is 5. The van der Waals surface area contributed by atoms with Gasteiger partial charge in [0.25, 0.3) is 0 Å². The number of aromatic nitrogens is 1. The van der Waals surface area contributed by atoms with Gasteiger partial charge in [-0.1, -0.05) is 11.3 Å². The van der Waals surface area contributed by atoms with E-state index in [9.17, 15) is 4.79 Å². The Morgan fingerprint density at radius 2 is 2.00 bits per heavy atom. The van der Waals surface area contributed by atoms with Gasteiger partial charge in [-0.2, -0.15) is 0 Å². The van der Waals surface area contributed by atoms with Gasteiger partial charge >= 0.3 is 5.97 Å². The van der Waals surface area contributed by atoms with Crippen LogP contribution in [0, 0.1) is 0 Å². The first-order valence-electron chi connectivity index (χ1n) is 6.26. The average molecular weight is 308 g/mol. The van der Waals surface area contributed by atoms with Crippen molar-refractivity contribution in [1.29, 1.82) is 0 Å². The fourth-order valence-corrected chi connectivity index (χ4v) is 2.60. The van der Waals surface area contributed by atoms with Crippen LogP contribution in [0.3, 0.4) is 0 Å². The van der Waals surface area contributed by atoms with E-state index in [1.54, 1.807) is 39.3 Å². The molecular formula is C14H16N2O4S. The maximum Gasteiger partial charge on any atom is 0.350 e. The topological polar surface area (TPSA) is 83.7 Å². The summed E-state index contributed by atoms with van der Waals surface area (Å²) < 4.78 is 15.5. The highest BCUT2D eigenvalue weighted by Crippen LogP contribution is 2.35. The number of carbonyl (C=O) groups is 1. The van der Waals surface area contributed by atoms with E-state index in [0.29, 0.717) is 39.4 Å². The van der Waals surface area contributed by atoms with Crippen molar-refractivity contribution < 1.29 is 19.0 Å². The summed E-state index contributed by atoms with van der Waals surface area (Å²) >= 11 is 1.10. The molecular weight excluding hydrogens is 292 g/mol. The van der Waals surface area contributed by atoms with Gasteiger partial charge in [0.2, 0.25) is 0 Å². The summed E-state index contributed by atoms with van der Waals surface area (Å²) in [5.74, 6) is 0.718. The van der Waals surface area contributed by atoms with Crippen LogP contribution >= 0.6 is 11.3 Å². The lowest BCUT2D eigenvalue weighted by Gasteiger charge is -2.09. The third kappa shape index (κ3) is 3.08. The minimum Gasteiger partial charge on any atom is -0.493 e. The molecule has 2 aromatic rings. The fraction of sp³-hybridized carbons (Fsp3) is 0.286. The third-order valence-corrected chi connectivity index (χ3v) is 3.63. The lowest BCUT2D eigenvalue weighted by Crippen LogP contribution is -2.04. The smallest absolute Gasteiger partial charge is 0.350 e. The van der Waals surface area contributed by atoms with Crippen LogP contribution in [0.2, 0.25) is 0 Å². The summed E-state index contributed by atoms with van der Waals surface area (Å²) in [6.07, 6.45) is 0. The summed E-state index contributed by atoms with van der Waals surface area (Å²) in [4.78, 5) is 16.6. The van der Waals surface area contributed by atoms with Gasteiger partial charge in [0.1, 0.15) is 4.88 Å². The van der Waals surface area contributed by atoms with E-state index in [1.807, 2.05) is 0 Å². The van der Waals surface area contributed by atoms with Crippen LogP contribution in [0.4, 0.5) is 5.13 Å². The van der Waals surface area contributed by atoms with Crippen molar-refractivity contribution in [1.82, 2.24) is 4.98 Å². The van der Waals surface area contributed by atoms with Crippen molar-refractivity contribution in [2.75, 3.05) is 26.6 Å². The molecule has 1 aromatic heterocycles. The van der Waals surface area contributed by atoms with Crippen molar-refractivity contribution in [3.63, 3.8) is 0 Å². The van der Waals surface area contributed by atoms with Gasteiger partial charge in [0.05, 0.1) is 26.5 Å². The molecule has 0 aliphatic heterocycles. The number of thiazole rings is 1. The second-order valence-electron chi connectivity index (χ2n) is 4.02. The maximum absolute atomic E-state index is 12.0. The number of ether oxygens (including phenoxy) is 3. The highest BCUT2D eigenvalue weighted by atomic mass is 32.1. The number of hydrogen-bond acceptors (Lipinski definition) is 7. The predicted octanol–water partition coefficient (Wildman–Crippen LogP) is 2.59. The molecule has 0 aliphatic rings. The molecule has 1 heterocycles. The van der Waals surface area contributed by atoms with Gasteiger partial charge in [0.15, 0.2) is 16.6 Å². The zero-order valence-electron chi connectivity index (χ0n) is 12.0. The fourth-order valence-electron chi connectivity index (χ4n) is 1.85. The number of nitrogens with two attached hydrogens (primary N) is 1. The second-order valence-corrected chi connectivity index (χ2v) is 5.05. The molecule has 2 rings (SSSR count). The third-order valence-electron chi connectivity index (χ3n) is 2.76. The Hall–Kier alpha value is -2.28. The number of anilines is 1. The lowest BCUT2D eigenvalue weighted by molar-refractivity contribution is 0.0532. The Balaban J connectivity index is 2.49. The van der Waals surface area contributed by atoms with E-state index < -0.39 is 5.97 Å². The Morgan fingerprint density at radius 1 is 1.29 bits per heavy atom. The number of esters is 1. The molecule has 0 saturated heterocycles. The molecule has 0 radical (unpaired) electrons. The summed E-state index contributed by atoms with van der Waals surface area (Å²) in [5, 5.41) is 0.308. The van der Waals surface area contributed by atoms with Crippen LogP contribution in [0.25, 0.3) is 11.3 Å². The molecule has 0 bridgehead atoms. The van der Waals surface area contributed by atoms with Crippen LogP contribution in [0.5, 0.6) is 11.5 Å². The first kappa shape index (κ1) is 15.1. The molecule has 0 saturated carbocycles. The quantitative estimate of drug-likeness (QED) is 0.855. The summed E-state index contributed by atoms with van der Waals surface area (Å²) in [5.41, 5.74) is 6.92. The molecule has 1 aromatic carbocycles. The molecule has 7 heteroatoms. The van der Waals surface area contributed by atoms with Crippen molar-refractivity contribution in [2.45, 2.75) is 6.92 Å². The van der Waals surface area contributed by atoms with E-state index in [2.05, 4.69) is 4.98 Å². The Bertz CT molecular complexity index is 654. The van der Waals surface area contributed by atoms with Gasteiger partial charge < -0.3 is 19.9 Å². The first-order chi connectivity index (χ1) is 10.1. The van der Waals surface area contributed by atoms with Crippen molar-refractivity contribution in [3.05, 3.63) is 23.1 Å². The van der Waals surface area contributed by atoms with Crippen molar-refractivity contribution >= 4 is 22.4 Å². The summed E-state index contributed by atoms with van der Waals surface area (Å²) in [6, 6.07) is 5.28. The Morgan fingerprint density at radius 3 is 2.62 bits per heavy atom. The molecule has 0 amide bonds. The number of nitrogen functional groups attached to an aromatic ring is 1. The standard InChI is InChI=1S/C14H16N2O4S/c1-4-20-13(17)12-11(16-14(15)21-12)8-5-6-9(18-2)10(7-8)19-3/h5-7H,4H2,1-3H3,(H2,15,16). The number of benzene rings is 1. The first-order valence-corrected chi connectivity index (χ1v) is 7.08. The average Bonchev–Trinajstić information content (AvgIpc) is 2.88. The minimum atomic E-state index is -0.434. The predicted molar refractivity (Wildman–Crippen MR) is 81.0 cm³/mol. The van der Waals surface area contributed by atoms with Crippen molar-refractivity contribution in [2.24, 2.45) is 0 Å². The van der Waals surface area contributed by atoms with Crippen LogP contribution in [0.15, 0.2) is 18.2 Å². The molecule has 0 aliphatic carbocycles. The van der Waals surface area contributed by atoms with Crippen LogP contribution in [0.1, 0.15) is 16.6 Å². The van der Waals surface area contributed by atoms with E-state index >= 15 is 0 Å². The SMILES string of the molecule is CCOC(=O)c1sc(N)nc1-c1ccc(OC)c(OC)c1. The second kappa shape index (κ2) is 6.45. The zero-order valence-corrected chi connectivity index (χ0v) is 12.8. The zero-order chi connectivity index (χ0) is 15.4. The maximum atomic E-state index is 12.0. The van der Waals surface area contributed by atoms with Gasteiger partial charge in [-0.25, -0.2) is 9.78 Å². The highest BCUT2D eigenvalue weighted by Gasteiger charge is 2.20. The van der Waals surface area contributed by atoms with E-state index in [0.717, 1.165) is 11.3 Å². The van der Waals surface area contributed by atoms with E-state index in [1.165, 1.54) is 0 Å². The Kier molecular flexibility index (Phi) is 4.64. The van der Waals surface area contributed by atoms with Crippen LogP contribution in [-0.4, -0.2) is 31.8 Å². The van der Waals surface area contributed by atoms with Gasteiger partial charge in [-0.3, -0.25) is 0 Å². The Labute approximate surface area is 126 Å². The molecule has 112 valence electrons. The molecule has 2 N–H and O–H groups in total. The van der Waals surface area contributed by atoms with Crippen LogP contribution in [-0.2, 0) is 4.74 Å². The number of nitrogens with zero attached hydrogens (tertiary/aromatic N) is 1. The largest absolute Gasteiger partial charge is 0.493 e. The summed E-state index contributed by atoms with van der Waals surface area (Å²) in [6.45, 7) is 2.04. The lowest BCUT2D eigenvalue weighted by atomic mass is 10.1. The molecule has 21 heavy (non-hydrogen) atoms. The molecule has 6 nitrogen and oxygen atoms in total. The monoisotopic (exact) mass is 308 g/mol. The molecule has 0 atom stereocenters. The van der Waals surface area contributed by atoms with Gasteiger partial charge in [0, 0.05) is 5.56 Å².